The summed E-state index contributed by atoms with van der Waals surface area (Å²) in [6.45, 7) is 7.17. The number of benzene rings is 1. The molecule has 0 heterocycles. The molecule has 1 N–H and O–H groups in total. The number of carboxylic acid groups (broad SMARTS) is 1. The molecular formula is C17H25ClO4. The predicted octanol–water partition coefficient (Wildman–Crippen LogP) is 4.89. The maximum absolute atomic E-state index is 11.1. The van der Waals surface area contributed by atoms with Crippen LogP contribution in [0.25, 0.3) is 0 Å². The molecule has 0 spiro atoms. The van der Waals surface area contributed by atoms with Gasteiger partial charge in [-0.2, -0.15) is 0 Å². The summed E-state index contributed by atoms with van der Waals surface area (Å²) >= 11 is 6.28. The molecule has 22 heavy (non-hydrogen) atoms. The van der Waals surface area contributed by atoms with E-state index in [1.807, 2.05) is 20.8 Å². The summed E-state index contributed by atoms with van der Waals surface area (Å²) in [6.07, 6.45) is 2.54. The maximum atomic E-state index is 11.1. The fraction of sp³-hybridized carbons (Fsp3) is 0.588. The number of ether oxygens (including phenoxy) is 2. The van der Waals surface area contributed by atoms with Crippen molar-refractivity contribution in [2.24, 2.45) is 0 Å². The van der Waals surface area contributed by atoms with Crippen LogP contribution in [0.4, 0.5) is 0 Å². The average Bonchev–Trinajstić information content (AvgIpc) is 2.49. The van der Waals surface area contributed by atoms with E-state index in [-0.39, 0.29) is 12.3 Å². The first-order valence-corrected chi connectivity index (χ1v) is 8.22. The first-order valence-electron chi connectivity index (χ1n) is 7.84. The quantitative estimate of drug-likeness (QED) is 0.664. The lowest BCUT2D eigenvalue weighted by Gasteiger charge is -2.20. The van der Waals surface area contributed by atoms with E-state index in [4.69, 9.17) is 26.2 Å². The lowest BCUT2D eigenvalue weighted by atomic mass is 9.92. The summed E-state index contributed by atoms with van der Waals surface area (Å²) in [5.74, 6) is 0.312. The Morgan fingerprint density at radius 2 is 1.73 bits per heavy atom. The number of hydrogen-bond acceptors (Lipinski definition) is 3. The molecule has 1 rings (SSSR count). The Bertz CT molecular complexity index is 488. The van der Waals surface area contributed by atoms with E-state index in [0.29, 0.717) is 36.2 Å². The first kappa shape index (κ1) is 18.6. The lowest BCUT2D eigenvalue weighted by Crippen LogP contribution is -2.09. The zero-order valence-corrected chi connectivity index (χ0v) is 14.3. The van der Waals surface area contributed by atoms with E-state index in [0.717, 1.165) is 18.4 Å². The van der Waals surface area contributed by atoms with Crippen LogP contribution in [-0.4, -0.2) is 24.3 Å². The van der Waals surface area contributed by atoms with Crippen LogP contribution in [-0.2, 0) is 4.79 Å². The highest BCUT2D eigenvalue weighted by atomic mass is 35.5. The van der Waals surface area contributed by atoms with E-state index in [9.17, 15) is 4.79 Å². The average molecular weight is 329 g/mol. The van der Waals surface area contributed by atoms with Gasteiger partial charge < -0.3 is 14.6 Å². The zero-order valence-electron chi connectivity index (χ0n) is 13.5. The monoisotopic (exact) mass is 328 g/mol. The van der Waals surface area contributed by atoms with Gasteiger partial charge in [-0.1, -0.05) is 32.4 Å². The second-order valence-electron chi connectivity index (χ2n) is 5.22. The second kappa shape index (κ2) is 9.57. The van der Waals surface area contributed by atoms with Crippen molar-refractivity contribution >= 4 is 17.6 Å². The fourth-order valence-corrected chi connectivity index (χ4v) is 2.44. The van der Waals surface area contributed by atoms with Gasteiger partial charge in [0.2, 0.25) is 0 Å². The van der Waals surface area contributed by atoms with Crippen molar-refractivity contribution in [3.8, 4) is 11.5 Å². The lowest BCUT2D eigenvalue weighted by molar-refractivity contribution is -0.137. The molecule has 5 heteroatoms. The molecule has 0 aliphatic rings. The van der Waals surface area contributed by atoms with Crippen molar-refractivity contribution in [1.82, 2.24) is 0 Å². The van der Waals surface area contributed by atoms with E-state index < -0.39 is 5.97 Å². The third-order valence-corrected chi connectivity index (χ3v) is 3.64. The van der Waals surface area contributed by atoms with Crippen LogP contribution in [0.15, 0.2) is 12.1 Å². The number of halogens is 1. The van der Waals surface area contributed by atoms with Gasteiger partial charge in [0.05, 0.1) is 24.7 Å². The SMILES string of the molecule is CCCOc1cc(OCCC)c(C(CC)CC(=O)O)cc1Cl. The molecule has 0 aliphatic heterocycles. The summed E-state index contributed by atoms with van der Waals surface area (Å²) in [5.41, 5.74) is 0.840. The minimum atomic E-state index is -0.823. The fourth-order valence-electron chi connectivity index (χ4n) is 2.21. The van der Waals surface area contributed by atoms with Gasteiger partial charge in [0.15, 0.2) is 0 Å². The minimum Gasteiger partial charge on any atom is -0.493 e. The molecule has 0 saturated heterocycles. The molecule has 1 atom stereocenters. The molecule has 0 amide bonds. The molecule has 0 aromatic heterocycles. The highest BCUT2D eigenvalue weighted by Crippen LogP contribution is 2.39. The van der Waals surface area contributed by atoms with E-state index in [1.165, 1.54) is 0 Å². The first-order chi connectivity index (χ1) is 10.5. The molecule has 4 nitrogen and oxygen atoms in total. The van der Waals surface area contributed by atoms with Crippen molar-refractivity contribution in [1.29, 1.82) is 0 Å². The van der Waals surface area contributed by atoms with Crippen molar-refractivity contribution in [2.45, 2.75) is 52.4 Å². The number of rotatable bonds is 10. The van der Waals surface area contributed by atoms with Crippen LogP contribution in [0.2, 0.25) is 5.02 Å². The van der Waals surface area contributed by atoms with Crippen LogP contribution in [0, 0.1) is 0 Å². The number of carbonyl (C=O) groups is 1. The largest absolute Gasteiger partial charge is 0.493 e. The van der Waals surface area contributed by atoms with Crippen LogP contribution in [0.3, 0.4) is 0 Å². The summed E-state index contributed by atoms with van der Waals surface area (Å²) < 4.78 is 11.4. The van der Waals surface area contributed by atoms with Crippen molar-refractivity contribution in [3.63, 3.8) is 0 Å². The van der Waals surface area contributed by atoms with Crippen LogP contribution >= 0.6 is 11.6 Å². The van der Waals surface area contributed by atoms with Gasteiger partial charge in [-0.15, -0.1) is 0 Å². The highest BCUT2D eigenvalue weighted by molar-refractivity contribution is 6.32. The van der Waals surface area contributed by atoms with Crippen LogP contribution in [0.1, 0.15) is 57.9 Å². The zero-order chi connectivity index (χ0) is 16.5. The maximum Gasteiger partial charge on any atom is 0.303 e. The van der Waals surface area contributed by atoms with E-state index in [1.54, 1.807) is 12.1 Å². The third-order valence-electron chi connectivity index (χ3n) is 3.34. The Labute approximate surface area is 137 Å². The normalized spacial score (nSPS) is 12.0. The molecule has 0 fully saturated rings. The Hall–Kier alpha value is -1.42. The van der Waals surface area contributed by atoms with Crippen LogP contribution in [0.5, 0.6) is 11.5 Å². The molecule has 0 bridgehead atoms. The van der Waals surface area contributed by atoms with Gasteiger partial charge in [0, 0.05) is 6.07 Å². The van der Waals surface area contributed by atoms with Crippen molar-refractivity contribution in [3.05, 3.63) is 22.7 Å². The topological polar surface area (TPSA) is 55.8 Å². The van der Waals surface area contributed by atoms with Crippen molar-refractivity contribution in [2.75, 3.05) is 13.2 Å². The summed E-state index contributed by atoms with van der Waals surface area (Å²) in [7, 11) is 0. The number of aliphatic carboxylic acids is 1. The third kappa shape index (κ3) is 5.41. The van der Waals surface area contributed by atoms with E-state index in [2.05, 4.69) is 0 Å². The molecule has 0 aliphatic carbocycles. The standard InChI is InChI=1S/C17H25ClO4/c1-4-7-21-15-11-16(22-8-5-2)14(18)10-13(15)12(6-3)9-17(19)20/h10-12H,4-9H2,1-3H3,(H,19,20). The molecule has 0 radical (unpaired) electrons. The Morgan fingerprint density at radius 1 is 1.14 bits per heavy atom. The molecular weight excluding hydrogens is 304 g/mol. The van der Waals surface area contributed by atoms with Gasteiger partial charge in [-0.3, -0.25) is 4.79 Å². The van der Waals surface area contributed by atoms with Gasteiger partial charge in [-0.25, -0.2) is 0 Å². The van der Waals surface area contributed by atoms with Gasteiger partial charge in [0.25, 0.3) is 0 Å². The molecule has 124 valence electrons. The Kier molecular flexibility index (Phi) is 8.10. The molecule has 1 aromatic carbocycles. The smallest absolute Gasteiger partial charge is 0.303 e. The molecule has 1 unspecified atom stereocenters. The Balaban J connectivity index is 3.16. The molecule has 0 saturated carbocycles. The van der Waals surface area contributed by atoms with Gasteiger partial charge in [-0.05, 0) is 36.8 Å². The predicted molar refractivity (Wildman–Crippen MR) is 88.3 cm³/mol. The summed E-state index contributed by atoms with van der Waals surface area (Å²) in [4.78, 5) is 11.1. The van der Waals surface area contributed by atoms with Crippen molar-refractivity contribution < 1.29 is 19.4 Å². The number of carboxylic acids is 1. The van der Waals surface area contributed by atoms with Gasteiger partial charge in [0.1, 0.15) is 11.5 Å². The minimum absolute atomic E-state index is 0.0600. The van der Waals surface area contributed by atoms with E-state index >= 15 is 0 Å². The highest BCUT2D eigenvalue weighted by Gasteiger charge is 2.20. The summed E-state index contributed by atoms with van der Waals surface area (Å²) in [6, 6.07) is 3.57. The van der Waals surface area contributed by atoms with Gasteiger partial charge >= 0.3 is 5.97 Å². The summed E-state index contributed by atoms with van der Waals surface area (Å²) in [5, 5.41) is 9.58. The number of hydrogen-bond donors (Lipinski definition) is 1. The second-order valence-corrected chi connectivity index (χ2v) is 5.63. The Morgan fingerprint density at radius 3 is 2.23 bits per heavy atom. The van der Waals surface area contributed by atoms with Crippen LogP contribution < -0.4 is 9.47 Å². The molecule has 1 aromatic rings.